The maximum Gasteiger partial charge on any atom is 0.199 e. The van der Waals surface area contributed by atoms with Gasteiger partial charge in [0.15, 0.2) is 5.79 Å². The second-order valence-electron chi connectivity index (χ2n) is 5.94. The summed E-state index contributed by atoms with van der Waals surface area (Å²) in [4.78, 5) is 11.5. The van der Waals surface area contributed by atoms with Gasteiger partial charge in [-0.15, -0.1) is 0 Å². The number of rotatable bonds is 5. The minimum Gasteiger partial charge on any atom is -0.361 e. The van der Waals surface area contributed by atoms with Crippen LogP contribution in [0.15, 0.2) is 60.7 Å². The molecule has 0 aromatic heterocycles. The van der Waals surface area contributed by atoms with Crippen molar-refractivity contribution >= 4 is 23.5 Å². The topological polar surface area (TPSA) is 46.5 Å². The Hall–Kier alpha value is -2.34. The van der Waals surface area contributed by atoms with Crippen molar-refractivity contribution < 1.29 is 23.4 Å². The highest BCUT2D eigenvalue weighted by molar-refractivity contribution is 6.30. The van der Waals surface area contributed by atoms with Gasteiger partial charge in [-0.3, -0.25) is 0 Å². The van der Waals surface area contributed by atoms with Crippen molar-refractivity contribution in [3.63, 3.8) is 0 Å². The molecule has 0 saturated heterocycles. The SMILES string of the molecule is O=CC1C=C(c2cc(F)cc(F)c2)C=CC1(O)OCc1ccc(Cl)cc1. The Bertz CT molecular complexity index is 857. The minimum absolute atomic E-state index is 0.0557. The summed E-state index contributed by atoms with van der Waals surface area (Å²) in [6, 6.07) is 9.93. The van der Waals surface area contributed by atoms with Gasteiger partial charge in [0.1, 0.15) is 17.9 Å². The number of carbonyl (C=O) groups is 1. The van der Waals surface area contributed by atoms with Gasteiger partial charge in [-0.2, -0.15) is 0 Å². The lowest BCUT2D eigenvalue weighted by molar-refractivity contribution is -0.196. The van der Waals surface area contributed by atoms with Gasteiger partial charge in [0.05, 0.1) is 12.5 Å². The Labute approximate surface area is 154 Å². The Morgan fingerprint density at radius 3 is 2.42 bits per heavy atom. The zero-order chi connectivity index (χ0) is 18.7. The molecule has 0 heterocycles. The Kier molecular flexibility index (Phi) is 5.32. The first-order valence-corrected chi connectivity index (χ1v) is 8.21. The van der Waals surface area contributed by atoms with Crippen molar-refractivity contribution in [2.24, 2.45) is 5.92 Å². The molecule has 0 radical (unpaired) electrons. The summed E-state index contributed by atoms with van der Waals surface area (Å²) in [5.41, 5.74) is 1.45. The van der Waals surface area contributed by atoms with E-state index in [4.69, 9.17) is 16.3 Å². The molecule has 0 aliphatic heterocycles. The molecule has 2 unspecified atom stereocenters. The highest BCUT2D eigenvalue weighted by Gasteiger charge is 2.36. The summed E-state index contributed by atoms with van der Waals surface area (Å²) in [5, 5.41) is 11.2. The third-order valence-corrected chi connectivity index (χ3v) is 4.32. The molecule has 2 atom stereocenters. The summed E-state index contributed by atoms with van der Waals surface area (Å²) in [6.07, 6.45) is 4.72. The smallest absolute Gasteiger partial charge is 0.199 e. The molecule has 0 amide bonds. The Morgan fingerprint density at radius 2 is 1.81 bits per heavy atom. The van der Waals surface area contributed by atoms with Gasteiger partial charge in [-0.25, -0.2) is 8.78 Å². The van der Waals surface area contributed by atoms with Crippen molar-refractivity contribution in [2.45, 2.75) is 12.4 Å². The number of ether oxygens (including phenoxy) is 1. The minimum atomic E-state index is -1.85. The maximum absolute atomic E-state index is 13.4. The number of aldehydes is 1. The third kappa shape index (κ3) is 4.07. The van der Waals surface area contributed by atoms with Crippen LogP contribution in [-0.2, 0) is 16.1 Å². The van der Waals surface area contributed by atoms with Gasteiger partial charge in [-0.1, -0.05) is 35.9 Å². The van der Waals surface area contributed by atoms with Crippen molar-refractivity contribution in [3.8, 4) is 0 Å². The van der Waals surface area contributed by atoms with Gasteiger partial charge in [0, 0.05) is 11.1 Å². The number of halogens is 3. The van der Waals surface area contributed by atoms with E-state index in [1.807, 2.05) is 0 Å². The molecule has 1 aliphatic rings. The normalized spacial score (nSPS) is 22.2. The predicted molar refractivity (Wildman–Crippen MR) is 94.2 cm³/mol. The van der Waals surface area contributed by atoms with E-state index in [2.05, 4.69) is 0 Å². The lowest BCUT2D eigenvalue weighted by Crippen LogP contribution is -2.40. The second kappa shape index (κ2) is 7.50. The van der Waals surface area contributed by atoms with Crippen molar-refractivity contribution in [2.75, 3.05) is 0 Å². The molecule has 1 N–H and O–H groups in total. The monoisotopic (exact) mass is 376 g/mol. The molecule has 2 aromatic rings. The van der Waals surface area contributed by atoms with Crippen LogP contribution in [0.1, 0.15) is 11.1 Å². The van der Waals surface area contributed by atoms with E-state index in [-0.39, 0.29) is 12.2 Å². The lowest BCUT2D eigenvalue weighted by atomic mass is 9.88. The van der Waals surface area contributed by atoms with Crippen LogP contribution in [0.4, 0.5) is 8.78 Å². The highest BCUT2D eigenvalue weighted by Crippen LogP contribution is 2.32. The quantitative estimate of drug-likeness (QED) is 0.625. The van der Waals surface area contributed by atoms with Crippen LogP contribution in [-0.4, -0.2) is 17.2 Å². The molecule has 26 heavy (non-hydrogen) atoms. The first-order chi connectivity index (χ1) is 12.4. The zero-order valence-corrected chi connectivity index (χ0v) is 14.3. The molecule has 2 aromatic carbocycles. The number of carbonyl (C=O) groups excluding carboxylic acids is 1. The zero-order valence-electron chi connectivity index (χ0n) is 13.5. The number of benzene rings is 2. The van der Waals surface area contributed by atoms with Crippen molar-refractivity contribution in [1.82, 2.24) is 0 Å². The molecule has 3 rings (SSSR count). The highest BCUT2D eigenvalue weighted by atomic mass is 35.5. The molecule has 0 fully saturated rings. The fraction of sp³-hybridized carbons (Fsp3) is 0.150. The molecule has 134 valence electrons. The molecule has 0 spiro atoms. The fourth-order valence-electron chi connectivity index (χ4n) is 2.66. The van der Waals surface area contributed by atoms with E-state index < -0.39 is 23.3 Å². The van der Waals surface area contributed by atoms with Crippen LogP contribution >= 0.6 is 11.6 Å². The summed E-state index contributed by atoms with van der Waals surface area (Å²) >= 11 is 5.82. The molecule has 6 heteroatoms. The van der Waals surface area contributed by atoms with Gasteiger partial charge < -0.3 is 14.6 Å². The molecule has 3 nitrogen and oxygen atoms in total. The van der Waals surface area contributed by atoms with E-state index >= 15 is 0 Å². The predicted octanol–water partition coefficient (Wildman–Crippen LogP) is 4.29. The molecule has 0 saturated carbocycles. The molecule has 0 bridgehead atoms. The number of hydrogen-bond donors (Lipinski definition) is 1. The largest absolute Gasteiger partial charge is 0.361 e. The van der Waals surface area contributed by atoms with Crippen LogP contribution in [0, 0.1) is 17.6 Å². The standard InChI is InChI=1S/C20H15ClF2O3/c21-17-3-1-13(2-4-17)12-26-20(25)6-5-14(7-16(20)11-24)15-8-18(22)10-19(23)9-15/h1-11,16,25H,12H2. The van der Waals surface area contributed by atoms with Gasteiger partial charge in [-0.05, 0) is 47.0 Å². The summed E-state index contributed by atoms with van der Waals surface area (Å²) < 4.78 is 32.3. The summed E-state index contributed by atoms with van der Waals surface area (Å²) in [5.74, 6) is -4.33. The van der Waals surface area contributed by atoms with Crippen LogP contribution in [0.3, 0.4) is 0 Å². The van der Waals surface area contributed by atoms with Crippen molar-refractivity contribution in [3.05, 3.63) is 88.5 Å². The Morgan fingerprint density at radius 1 is 1.15 bits per heavy atom. The van der Waals surface area contributed by atoms with Crippen LogP contribution in [0.25, 0.3) is 5.57 Å². The summed E-state index contributed by atoms with van der Waals surface area (Å²) in [6.45, 7) is 0.0557. The molecular formula is C20H15ClF2O3. The number of allylic oxidation sites excluding steroid dienone is 2. The molecule has 1 aliphatic carbocycles. The molecular weight excluding hydrogens is 362 g/mol. The van der Waals surface area contributed by atoms with E-state index in [0.29, 0.717) is 16.9 Å². The van der Waals surface area contributed by atoms with Crippen LogP contribution < -0.4 is 0 Å². The summed E-state index contributed by atoms with van der Waals surface area (Å²) in [7, 11) is 0. The van der Waals surface area contributed by atoms with Crippen LogP contribution in [0.5, 0.6) is 0 Å². The average Bonchev–Trinajstić information content (AvgIpc) is 2.61. The van der Waals surface area contributed by atoms with Crippen LogP contribution in [0.2, 0.25) is 5.02 Å². The van der Waals surface area contributed by atoms with Crippen molar-refractivity contribution in [1.29, 1.82) is 0 Å². The van der Waals surface area contributed by atoms with E-state index in [1.54, 1.807) is 24.3 Å². The third-order valence-electron chi connectivity index (χ3n) is 4.06. The van der Waals surface area contributed by atoms with Gasteiger partial charge >= 0.3 is 0 Å². The maximum atomic E-state index is 13.4. The second-order valence-corrected chi connectivity index (χ2v) is 6.38. The van der Waals surface area contributed by atoms with Gasteiger partial charge in [0.2, 0.25) is 0 Å². The van der Waals surface area contributed by atoms with E-state index in [1.165, 1.54) is 18.2 Å². The fourth-order valence-corrected chi connectivity index (χ4v) is 2.79. The number of hydrogen-bond acceptors (Lipinski definition) is 3. The van der Waals surface area contributed by atoms with E-state index in [0.717, 1.165) is 23.8 Å². The van der Waals surface area contributed by atoms with E-state index in [9.17, 15) is 18.7 Å². The first-order valence-electron chi connectivity index (χ1n) is 7.83. The average molecular weight is 377 g/mol. The number of aliphatic hydroxyl groups is 1. The Balaban J connectivity index is 1.80. The first kappa shape index (κ1) is 18.5. The lowest BCUT2D eigenvalue weighted by Gasteiger charge is -2.31. The van der Waals surface area contributed by atoms with Gasteiger partial charge in [0.25, 0.3) is 0 Å².